The second-order valence-corrected chi connectivity index (χ2v) is 8.26. The number of aromatic amines is 1. The number of nitrogens with zero attached hydrogens (tertiary/aromatic N) is 2. The summed E-state index contributed by atoms with van der Waals surface area (Å²) < 4.78 is 5.93. The van der Waals surface area contributed by atoms with Gasteiger partial charge in [-0.15, -0.1) is 0 Å². The number of hydrogen-bond acceptors (Lipinski definition) is 4. The van der Waals surface area contributed by atoms with Crippen molar-refractivity contribution in [1.82, 2.24) is 15.3 Å². The third-order valence-corrected chi connectivity index (χ3v) is 5.82. The van der Waals surface area contributed by atoms with Crippen molar-refractivity contribution in [3.63, 3.8) is 0 Å². The van der Waals surface area contributed by atoms with E-state index in [9.17, 15) is 9.59 Å². The van der Waals surface area contributed by atoms with Crippen molar-refractivity contribution in [1.29, 1.82) is 0 Å². The summed E-state index contributed by atoms with van der Waals surface area (Å²) in [6, 6.07) is 20.4. The molecule has 1 aromatic heterocycles. The van der Waals surface area contributed by atoms with Crippen LogP contribution in [-0.4, -0.2) is 41.5 Å². The quantitative estimate of drug-likeness (QED) is 0.508. The van der Waals surface area contributed by atoms with E-state index < -0.39 is 6.04 Å². The molecular weight excluding hydrogens is 416 g/mol. The van der Waals surface area contributed by atoms with Crippen molar-refractivity contribution in [3.05, 3.63) is 89.2 Å². The number of carbonyl (C=O) groups is 2. The van der Waals surface area contributed by atoms with E-state index in [-0.39, 0.29) is 18.4 Å². The summed E-state index contributed by atoms with van der Waals surface area (Å²) in [6.07, 6.45) is 0.728. The van der Waals surface area contributed by atoms with Crippen LogP contribution in [0.15, 0.2) is 66.7 Å². The molecule has 7 nitrogen and oxygen atoms in total. The molecule has 0 fully saturated rings. The highest BCUT2D eigenvalue weighted by atomic mass is 16.5. The fraction of sp³-hybridized carbons (Fsp3) is 0.192. The first-order valence-corrected chi connectivity index (χ1v) is 10.8. The highest BCUT2D eigenvalue weighted by Gasteiger charge is 2.31. The van der Waals surface area contributed by atoms with E-state index in [1.54, 1.807) is 13.1 Å². The monoisotopic (exact) mass is 440 g/mol. The van der Waals surface area contributed by atoms with Gasteiger partial charge >= 0.3 is 0 Å². The zero-order chi connectivity index (χ0) is 22.9. The SMILES string of the molecule is Cc1nc2cc3c(cc2[nH]1)OC[C@H](NC(=O)c1cccc(Cc2ccccc2)c1)C(=O)N3C. The number of aromatic nitrogens is 2. The lowest BCUT2D eigenvalue weighted by molar-refractivity contribution is -0.120. The van der Waals surface area contributed by atoms with Gasteiger partial charge in [0.05, 0.1) is 16.7 Å². The summed E-state index contributed by atoms with van der Waals surface area (Å²) in [5, 5.41) is 2.85. The normalized spacial score (nSPS) is 15.6. The Labute approximate surface area is 191 Å². The molecule has 7 heteroatoms. The van der Waals surface area contributed by atoms with Crippen LogP contribution in [0.3, 0.4) is 0 Å². The fourth-order valence-electron chi connectivity index (χ4n) is 4.13. The minimum atomic E-state index is -0.805. The number of anilines is 1. The number of imidazole rings is 1. The third-order valence-electron chi connectivity index (χ3n) is 5.82. The average Bonchev–Trinajstić information content (AvgIpc) is 3.15. The molecule has 1 atom stereocenters. The molecule has 4 aromatic rings. The van der Waals surface area contributed by atoms with Gasteiger partial charge in [0.25, 0.3) is 11.8 Å². The molecule has 0 saturated heterocycles. The Morgan fingerprint density at radius 3 is 2.73 bits per heavy atom. The summed E-state index contributed by atoms with van der Waals surface area (Å²) in [6.45, 7) is 1.92. The van der Waals surface area contributed by atoms with Crippen LogP contribution in [0, 0.1) is 6.92 Å². The standard InChI is InChI=1S/C26H24N4O3/c1-16-27-20-13-23-24(14-21(20)28-16)33-15-22(26(32)30(23)2)29-25(31)19-10-6-9-18(12-19)11-17-7-4-3-5-8-17/h3-10,12-14,22H,11,15H2,1-2H3,(H,27,28)(H,29,31)/t22-/m0/s1. The molecule has 2 N–H and O–H groups in total. The van der Waals surface area contributed by atoms with Gasteiger partial charge in [0.2, 0.25) is 0 Å². The number of aryl methyl sites for hydroxylation is 1. The predicted molar refractivity (Wildman–Crippen MR) is 127 cm³/mol. The van der Waals surface area contributed by atoms with E-state index in [4.69, 9.17) is 4.74 Å². The van der Waals surface area contributed by atoms with E-state index in [2.05, 4.69) is 27.4 Å². The topological polar surface area (TPSA) is 87.3 Å². The van der Waals surface area contributed by atoms with Crippen LogP contribution in [0.4, 0.5) is 5.69 Å². The van der Waals surface area contributed by atoms with Crippen LogP contribution >= 0.6 is 0 Å². The molecule has 0 unspecified atom stereocenters. The summed E-state index contributed by atoms with van der Waals surface area (Å²) >= 11 is 0. The van der Waals surface area contributed by atoms with E-state index in [0.29, 0.717) is 17.0 Å². The number of rotatable bonds is 4. The van der Waals surface area contributed by atoms with Gasteiger partial charge in [-0.1, -0.05) is 42.5 Å². The summed E-state index contributed by atoms with van der Waals surface area (Å²) in [5.74, 6) is 0.812. The smallest absolute Gasteiger partial charge is 0.252 e. The van der Waals surface area contributed by atoms with Crippen molar-refractivity contribution in [2.24, 2.45) is 0 Å². The summed E-state index contributed by atoms with van der Waals surface area (Å²) in [5.41, 5.74) is 4.92. The molecule has 2 heterocycles. The highest BCUT2D eigenvalue weighted by molar-refractivity contribution is 6.04. The van der Waals surface area contributed by atoms with Crippen molar-refractivity contribution in [2.75, 3.05) is 18.6 Å². The number of benzene rings is 3. The number of amides is 2. The molecule has 0 bridgehead atoms. The molecule has 1 aliphatic rings. The van der Waals surface area contributed by atoms with E-state index in [1.165, 1.54) is 10.5 Å². The lowest BCUT2D eigenvalue weighted by Gasteiger charge is -2.20. The number of ether oxygens (including phenoxy) is 1. The number of fused-ring (bicyclic) bond motifs is 2. The zero-order valence-electron chi connectivity index (χ0n) is 18.5. The van der Waals surface area contributed by atoms with Gasteiger partial charge in [-0.2, -0.15) is 0 Å². The molecule has 0 radical (unpaired) electrons. The molecule has 33 heavy (non-hydrogen) atoms. The van der Waals surface area contributed by atoms with Crippen LogP contribution in [0.5, 0.6) is 5.75 Å². The molecule has 1 aliphatic heterocycles. The van der Waals surface area contributed by atoms with Gasteiger partial charge in [0, 0.05) is 18.7 Å². The number of H-pyrrole nitrogens is 1. The molecule has 0 spiro atoms. The lowest BCUT2D eigenvalue weighted by atomic mass is 10.0. The van der Waals surface area contributed by atoms with E-state index in [0.717, 1.165) is 28.8 Å². The molecule has 2 amide bonds. The van der Waals surface area contributed by atoms with E-state index >= 15 is 0 Å². The van der Waals surface area contributed by atoms with Gasteiger partial charge in [0.1, 0.15) is 24.2 Å². The second-order valence-electron chi connectivity index (χ2n) is 8.26. The Bertz CT molecular complexity index is 1350. The Balaban J connectivity index is 1.33. The number of hydrogen-bond donors (Lipinski definition) is 2. The molecule has 5 rings (SSSR count). The number of likely N-dealkylation sites (N-methyl/N-ethyl adjacent to an activating group) is 1. The molecule has 3 aromatic carbocycles. The third kappa shape index (κ3) is 4.17. The zero-order valence-corrected chi connectivity index (χ0v) is 18.5. The van der Waals surface area contributed by atoms with E-state index in [1.807, 2.05) is 55.5 Å². The second kappa shape index (κ2) is 8.43. The average molecular weight is 441 g/mol. The first-order valence-electron chi connectivity index (χ1n) is 10.8. The lowest BCUT2D eigenvalue weighted by Crippen LogP contribution is -2.49. The van der Waals surface area contributed by atoms with Crippen molar-refractivity contribution < 1.29 is 14.3 Å². The van der Waals surface area contributed by atoms with Crippen LogP contribution in [0.25, 0.3) is 11.0 Å². The predicted octanol–water partition coefficient (Wildman–Crippen LogP) is 3.62. The Hall–Kier alpha value is -4.13. The number of nitrogens with one attached hydrogen (secondary N) is 2. The maximum Gasteiger partial charge on any atom is 0.252 e. The van der Waals surface area contributed by atoms with Crippen LogP contribution in [-0.2, 0) is 11.2 Å². The van der Waals surface area contributed by atoms with Crippen LogP contribution in [0.2, 0.25) is 0 Å². The Morgan fingerprint density at radius 2 is 1.91 bits per heavy atom. The van der Waals surface area contributed by atoms with Gasteiger partial charge in [0.15, 0.2) is 0 Å². The summed E-state index contributed by atoms with van der Waals surface area (Å²) in [4.78, 5) is 35.2. The Morgan fingerprint density at radius 1 is 1.12 bits per heavy atom. The van der Waals surface area contributed by atoms with Gasteiger partial charge in [-0.05, 0) is 42.7 Å². The van der Waals surface area contributed by atoms with Crippen LogP contribution in [0.1, 0.15) is 27.3 Å². The largest absolute Gasteiger partial charge is 0.489 e. The maximum atomic E-state index is 13.1. The maximum absolute atomic E-state index is 13.1. The van der Waals surface area contributed by atoms with Crippen molar-refractivity contribution in [3.8, 4) is 5.75 Å². The number of carbonyl (C=O) groups excluding carboxylic acids is 2. The first kappa shape index (κ1) is 20.8. The minimum Gasteiger partial charge on any atom is -0.489 e. The summed E-state index contributed by atoms with van der Waals surface area (Å²) in [7, 11) is 1.68. The fourth-order valence-corrected chi connectivity index (χ4v) is 4.13. The van der Waals surface area contributed by atoms with Gasteiger partial charge in [-0.3, -0.25) is 9.59 Å². The van der Waals surface area contributed by atoms with Crippen molar-refractivity contribution >= 4 is 28.5 Å². The minimum absolute atomic E-state index is 0.0459. The first-order chi connectivity index (χ1) is 16.0. The van der Waals surface area contributed by atoms with Gasteiger partial charge in [-0.25, -0.2) is 4.98 Å². The molecule has 166 valence electrons. The molecule has 0 aliphatic carbocycles. The molecule has 0 saturated carbocycles. The van der Waals surface area contributed by atoms with Gasteiger partial charge < -0.3 is 19.9 Å². The van der Waals surface area contributed by atoms with Crippen molar-refractivity contribution in [2.45, 2.75) is 19.4 Å². The Kier molecular flexibility index (Phi) is 5.30. The highest BCUT2D eigenvalue weighted by Crippen LogP contribution is 2.34. The molecular formula is C26H24N4O3. The van der Waals surface area contributed by atoms with Crippen LogP contribution < -0.4 is 15.0 Å².